The van der Waals surface area contributed by atoms with Gasteiger partial charge >= 0.3 is 0 Å². The molecular formula is C15H19N3O. The van der Waals surface area contributed by atoms with Crippen LogP contribution in [0, 0.1) is 6.92 Å². The minimum atomic E-state index is 0.591. The molecule has 4 nitrogen and oxygen atoms in total. The lowest BCUT2D eigenvalue weighted by atomic mass is 10.2. The fraction of sp³-hybridized carbons (Fsp3) is 0.333. The van der Waals surface area contributed by atoms with E-state index in [-0.39, 0.29) is 0 Å². The number of hydrogen-bond acceptors (Lipinski definition) is 4. The maximum atomic E-state index is 5.50. The first kappa shape index (κ1) is 13.5. The van der Waals surface area contributed by atoms with Crippen molar-refractivity contribution < 1.29 is 4.74 Å². The van der Waals surface area contributed by atoms with E-state index in [0.717, 1.165) is 25.2 Å². The Kier molecular flexibility index (Phi) is 5.31. The molecule has 1 N–H and O–H groups in total. The largest absolute Gasteiger partial charge is 0.477 e. The summed E-state index contributed by atoms with van der Waals surface area (Å²) in [5.74, 6) is 0.591. The van der Waals surface area contributed by atoms with Gasteiger partial charge in [0.05, 0.1) is 12.3 Å². The minimum absolute atomic E-state index is 0.591. The van der Waals surface area contributed by atoms with Gasteiger partial charge in [-0.05, 0) is 31.5 Å². The summed E-state index contributed by atoms with van der Waals surface area (Å²) in [6.07, 6.45) is 0.947. The second kappa shape index (κ2) is 7.48. The van der Waals surface area contributed by atoms with Gasteiger partial charge in [0.25, 0.3) is 0 Å². The third kappa shape index (κ3) is 5.06. The summed E-state index contributed by atoms with van der Waals surface area (Å²) in [5, 5.41) is 11.3. The van der Waals surface area contributed by atoms with Crippen LogP contribution in [0.5, 0.6) is 5.88 Å². The van der Waals surface area contributed by atoms with Crippen LogP contribution in [0.25, 0.3) is 0 Å². The zero-order chi connectivity index (χ0) is 13.3. The molecule has 0 fully saturated rings. The SMILES string of the molecule is Cc1ccc(OCCCNCc2ccccc2)nn1. The zero-order valence-corrected chi connectivity index (χ0v) is 11.2. The molecule has 0 unspecified atom stereocenters. The molecule has 1 heterocycles. The van der Waals surface area contributed by atoms with Gasteiger partial charge in [-0.1, -0.05) is 30.3 Å². The molecule has 0 saturated carbocycles. The maximum absolute atomic E-state index is 5.50. The molecule has 1 aromatic heterocycles. The molecule has 0 aliphatic rings. The third-order valence-corrected chi connectivity index (χ3v) is 2.69. The van der Waals surface area contributed by atoms with Gasteiger partial charge in [-0.2, -0.15) is 5.10 Å². The standard InChI is InChI=1S/C15H19N3O/c1-13-8-9-15(18-17-13)19-11-5-10-16-12-14-6-3-2-4-7-14/h2-4,6-9,16H,5,10-12H2,1H3. The van der Waals surface area contributed by atoms with Crippen LogP contribution in [-0.2, 0) is 6.54 Å². The van der Waals surface area contributed by atoms with E-state index in [0.29, 0.717) is 12.5 Å². The van der Waals surface area contributed by atoms with Gasteiger partial charge in [0.15, 0.2) is 0 Å². The Labute approximate surface area is 113 Å². The Morgan fingerprint density at radius 3 is 2.63 bits per heavy atom. The average molecular weight is 257 g/mol. The molecule has 0 atom stereocenters. The molecule has 0 aliphatic carbocycles. The molecule has 2 aromatic rings. The van der Waals surface area contributed by atoms with E-state index in [4.69, 9.17) is 4.74 Å². The first-order valence-electron chi connectivity index (χ1n) is 6.52. The van der Waals surface area contributed by atoms with Crippen molar-refractivity contribution in [3.8, 4) is 5.88 Å². The zero-order valence-electron chi connectivity index (χ0n) is 11.2. The fourth-order valence-electron chi connectivity index (χ4n) is 1.67. The smallest absolute Gasteiger partial charge is 0.233 e. The van der Waals surface area contributed by atoms with Gasteiger partial charge in [0.1, 0.15) is 0 Å². The number of aromatic nitrogens is 2. The van der Waals surface area contributed by atoms with E-state index in [1.165, 1.54) is 5.56 Å². The normalized spacial score (nSPS) is 10.4. The Morgan fingerprint density at radius 2 is 1.89 bits per heavy atom. The molecule has 4 heteroatoms. The van der Waals surface area contributed by atoms with Crippen molar-refractivity contribution in [2.24, 2.45) is 0 Å². The molecule has 1 aromatic carbocycles. The molecule has 0 radical (unpaired) electrons. The van der Waals surface area contributed by atoms with Gasteiger partial charge in [0, 0.05) is 12.6 Å². The van der Waals surface area contributed by atoms with Gasteiger partial charge in [-0.3, -0.25) is 0 Å². The lowest BCUT2D eigenvalue weighted by molar-refractivity contribution is 0.293. The van der Waals surface area contributed by atoms with Crippen molar-refractivity contribution in [1.82, 2.24) is 15.5 Å². The third-order valence-electron chi connectivity index (χ3n) is 2.69. The van der Waals surface area contributed by atoms with E-state index < -0.39 is 0 Å². The van der Waals surface area contributed by atoms with Crippen LogP contribution in [-0.4, -0.2) is 23.3 Å². The number of rotatable bonds is 7. The molecule has 100 valence electrons. The highest BCUT2D eigenvalue weighted by Gasteiger charge is 1.96. The van der Waals surface area contributed by atoms with Crippen LogP contribution in [0.1, 0.15) is 17.7 Å². The second-order valence-corrected chi connectivity index (χ2v) is 4.38. The van der Waals surface area contributed by atoms with E-state index >= 15 is 0 Å². The maximum Gasteiger partial charge on any atom is 0.233 e. The topological polar surface area (TPSA) is 47.0 Å². The Balaban J connectivity index is 1.56. The van der Waals surface area contributed by atoms with Gasteiger partial charge in [-0.25, -0.2) is 0 Å². The second-order valence-electron chi connectivity index (χ2n) is 4.38. The summed E-state index contributed by atoms with van der Waals surface area (Å²) in [5.41, 5.74) is 2.20. The highest BCUT2D eigenvalue weighted by atomic mass is 16.5. The number of aryl methyl sites for hydroxylation is 1. The van der Waals surface area contributed by atoms with Crippen molar-refractivity contribution in [2.75, 3.05) is 13.2 Å². The predicted molar refractivity (Wildman–Crippen MR) is 75.0 cm³/mol. The number of hydrogen-bond donors (Lipinski definition) is 1. The summed E-state index contributed by atoms with van der Waals surface area (Å²) in [4.78, 5) is 0. The van der Waals surface area contributed by atoms with Crippen LogP contribution in [0.2, 0.25) is 0 Å². The monoisotopic (exact) mass is 257 g/mol. The van der Waals surface area contributed by atoms with E-state index in [9.17, 15) is 0 Å². The van der Waals surface area contributed by atoms with E-state index in [1.54, 1.807) is 0 Å². The van der Waals surface area contributed by atoms with Crippen LogP contribution in [0.3, 0.4) is 0 Å². The molecule has 0 bridgehead atoms. The Bertz CT molecular complexity index is 471. The molecule has 19 heavy (non-hydrogen) atoms. The highest BCUT2D eigenvalue weighted by molar-refractivity contribution is 5.14. The molecule has 0 aliphatic heterocycles. The number of ether oxygens (including phenoxy) is 1. The molecule has 0 saturated heterocycles. The number of benzene rings is 1. The Hall–Kier alpha value is -1.94. The lowest BCUT2D eigenvalue weighted by Crippen LogP contribution is -2.17. The average Bonchev–Trinajstić information content (AvgIpc) is 2.46. The van der Waals surface area contributed by atoms with Crippen molar-refractivity contribution in [3.63, 3.8) is 0 Å². The minimum Gasteiger partial charge on any atom is -0.477 e. The summed E-state index contributed by atoms with van der Waals surface area (Å²) >= 11 is 0. The van der Waals surface area contributed by atoms with Crippen molar-refractivity contribution in [1.29, 1.82) is 0 Å². The Morgan fingerprint density at radius 1 is 1.05 bits per heavy atom. The first-order valence-corrected chi connectivity index (χ1v) is 6.52. The van der Waals surface area contributed by atoms with Crippen LogP contribution >= 0.6 is 0 Å². The van der Waals surface area contributed by atoms with Crippen molar-refractivity contribution in [2.45, 2.75) is 19.9 Å². The molecule has 0 spiro atoms. The predicted octanol–water partition coefficient (Wildman–Crippen LogP) is 2.34. The number of nitrogens with one attached hydrogen (secondary N) is 1. The van der Waals surface area contributed by atoms with Gasteiger partial charge < -0.3 is 10.1 Å². The van der Waals surface area contributed by atoms with Crippen LogP contribution in [0.15, 0.2) is 42.5 Å². The van der Waals surface area contributed by atoms with Gasteiger partial charge in [-0.15, -0.1) is 5.10 Å². The van der Waals surface area contributed by atoms with E-state index in [1.807, 2.05) is 25.1 Å². The number of nitrogens with zero attached hydrogens (tertiary/aromatic N) is 2. The highest BCUT2D eigenvalue weighted by Crippen LogP contribution is 2.04. The van der Waals surface area contributed by atoms with Crippen molar-refractivity contribution >= 4 is 0 Å². The fourth-order valence-corrected chi connectivity index (χ4v) is 1.67. The van der Waals surface area contributed by atoms with Gasteiger partial charge in [0.2, 0.25) is 5.88 Å². The molecule has 2 rings (SSSR count). The van der Waals surface area contributed by atoms with E-state index in [2.05, 4.69) is 39.8 Å². The first-order chi connectivity index (χ1) is 9.34. The lowest BCUT2D eigenvalue weighted by Gasteiger charge is -2.06. The van der Waals surface area contributed by atoms with Crippen molar-refractivity contribution in [3.05, 3.63) is 53.7 Å². The van der Waals surface area contributed by atoms with Crippen LogP contribution < -0.4 is 10.1 Å². The quantitative estimate of drug-likeness (QED) is 0.773. The summed E-state index contributed by atoms with van der Waals surface area (Å²) in [6, 6.07) is 14.1. The summed E-state index contributed by atoms with van der Waals surface area (Å²) in [6.45, 7) is 4.38. The summed E-state index contributed by atoms with van der Waals surface area (Å²) in [7, 11) is 0. The molecular weight excluding hydrogens is 238 g/mol. The summed E-state index contributed by atoms with van der Waals surface area (Å²) < 4.78 is 5.50. The molecule has 0 amide bonds. The van der Waals surface area contributed by atoms with Crippen LogP contribution in [0.4, 0.5) is 0 Å².